The van der Waals surface area contributed by atoms with E-state index in [4.69, 9.17) is 0 Å². The summed E-state index contributed by atoms with van der Waals surface area (Å²) in [7, 11) is 0. The van der Waals surface area contributed by atoms with Gasteiger partial charge in [-0.2, -0.15) is 0 Å². The van der Waals surface area contributed by atoms with Gasteiger partial charge in [-0.15, -0.1) is 11.8 Å². The van der Waals surface area contributed by atoms with E-state index in [9.17, 15) is 9.90 Å². The van der Waals surface area contributed by atoms with Crippen LogP contribution in [0.15, 0.2) is 24.5 Å². The summed E-state index contributed by atoms with van der Waals surface area (Å²) in [5.41, 5.74) is 1.12. The SMILES string of the molecule is O=C(CSCc1cccnc1)NC1CCCCC1O. The number of nitrogens with one attached hydrogen (secondary N) is 1. The van der Waals surface area contributed by atoms with Gasteiger partial charge in [-0.25, -0.2) is 0 Å². The van der Waals surface area contributed by atoms with E-state index in [1.54, 1.807) is 18.0 Å². The quantitative estimate of drug-likeness (QED) is 0.862. The van der Waals surface area contributed by atoms with Crippen molar-refractivity contribution in [2.75, 3.05) is 5.75 Å². The number of carbonyl (C=O) groups excluding carboxylic acids is 1. The molecule has 1 fully saturated rings. The summed E-state index contributed by atoms with van der Waals surface area (Å²) in [6.07, 6.45) is 7.02. The van der Waals surface area contributed by atoms with Gasteiger partial charge < -0.3 is 10.4 Å². The van der Waals surface area contributed by atoms with Crippen LogP contribution in [0, 0.1) is 0 Å². The first-order valence-corrected chi connectivity index (χ1v) is 7.85. The number of hydrogen-bond donors (Lipinski definition) is 2. The average molecular weight is 280 g/mol. The van der Waals surface area contributed by atoms with Crippen molar-refractivity contribution in [2.24, 2.45) is 0 Å². The summed E-state index contributed by atoms with van der Waals surface area (Å²) in [6, 6.07) is 3.84. The Morgan fingerprint density at radius 3 is 3.05 bits per heavy atom. The standard InChI is InChI=1S/C14H20N2O2S/c17-13-6-2-1-5-12(13)16-14(18)10-19-9-11-4-3-7-15-8-11/h3-4,7-8,12-13,17H,1-2,5-6,9-10H2,(H,16,18). The van der Waals surface area contributed by atoms with Crippen molar-refractivity contribution in [3.63, 3.8) is 0 Å². The number of nitrogens with zero attached hydrogens (tertiary/aromatic N) is 1. The molecule has 1 saturated carbocycles. The highest BCUT2D eigenvalue weighted by Crippen LogP contribution is 2.18. The molecular formula is C14H20N2O2S. The molecule has 0 saturated heterocycles. The fourth-order valence-electron chi connectivity index (χ4n) is 2.27. The normalized spacial score (nSPS) is 23.0. The second kappa shape index (κ2) is 7.50. The van der Waals surface area contributed by atoms with Gasteiger partial charge in [0.2, 0.25) is 5.91 Å². The fourth-order valence-corrected chi connectivity index (χ4v) is 3.05. The second-order valence-corrected chi connectivity index (χ2v) is 5.87. The van der Waals surface area contributed by atoms with Crippen molar-refractivity contribution in [1.82, 2.24) is 10.3 Å². The highest BCUT2D eigenvalue weighted by atomic mass is 32.2. The Balaban J connectivity index is 1.67. The van der Waals surface area contributed by atoms with E-state index in [1.165, 1.54) is 0 Å². The van der Waals surface area contributed by atoms with Crippen molar-refractivity contribution in [1.29, 1.82) is 0 Å². The molecule has 19 heavy (non-hydrogen) atoms. The number of carbonyl (C=O) groups is 1. The Labute approximate surface area is 118 Å². The lowest BCUT2D eigenvalue weighted by molar-refractivity contribution is -0.120. The molecule has 2 N–H and O–H groups in total. The van der Waals surface area contributed by atoms with Crippen LogP contribution in [0.3, 0.4) is 0 Å². The van der Waals surface area contributed by atoms with Crippen molar-refractivity contribution >= 4 is 17.7 Å². The smallest absolute Gasteiger partial charge is 0.230 e. The van der Waals surface area contributed by atoms with Crippen molar-refractivity contribution in [3.8, 4) is 0 Å². The van der Waals surface area contributed by atoms with Gasteiger partial charge in [-0.3, -0.25) is 9.78 Å². The van der Waals surface area contributed by atoms with E-state index in [1.807, 2.05) is 18.3 Å². The zero-order chi connectivity index (χ0) is 13.5. The Morgan fingerprint density at radius 1 is 1.47 bits per heavy atom. The van der Waals surface area contributed by atoms with Crippen LogP contribution >= 0.6 is 11.8 Å². The highest BCUT2D eigenvalue weighted by Gasteiger charge is 2.24. The Kier molecular flexibility index (Phi) is 5.66. The van der Waals surface area contributed by atoms with E-state index in [-0.39, 0.29) is 18.1 Å². The number of amides is 1. The van der Waals surface area contributed by atoms with Crippen LogP contribution in [-0.4, -0.2) is 33.9 Å². The fraction of sp³-hybridized carbons (Fsp3) is 0.571. The van der Waals surface area contributed by atoms with Gasteiger partial charge >= 0.3 is 0 Å². The number of aliphatic hydroxyl groups is 1. The molecule has 5 heteroatoms. The zero-order valence-electron chi connectivity index (χ0n) is 10.9. The van der Waals surface area contributed by atoms with Gasteiger partial charge in [0.25, 0.3) is 0 Å². The molecule has 0 spiro atoms. The van der Waals surface area contributed by atoms with Gasteiger partial charge in [0.05, 0.1) is 17.9 Å². The van der Waals surface area contributed by atoms with Gasteiger partial charge in [-0.05, 0) is 24.5 Å². The summed E-state index contributed by atoms with van der Waals surface area (Å²) in [5.74, 6) is 1.23. The van der Waals surface area contributed by atoms with Crippen LogP contribution in [-0.2, 0) is 10.5 Å². The Bertz CT molecular complexity index is 400. The average Bonchev–Trinajstić information content (AvgIpc) is 2.43. The van der Waals surface area contributed by atoms with E-state index in [0.717, 1.165) is 37.0 Å². The molecule has 2 unspecified atom stereocenters. The molecule has 0 aliphatic heterocycles. The number of thioether (sulfide) groups is 1. The molecule has 0 radical (unpaired) electrons. The predicted molar refractivity (Wildman–Crippen MR) is 76.8 cm³/mol. The Hall–Kier alpha value is -1.07. The molecule has 1 heterocycles. The number of hydrogen-bond acceptors (Lipinski definition) is 4. The molecule has 1 amide bonds. The minimum absolute atomic E-state index is 0.0137. The first-order chi connectivity index (χ1) is 9.25. The van der Waals surface area contributed by atoms with E-state index >= 15 is 0 Å². The number of aliphatic hydroxyl groups excluding tert-OH is 1. The summed E-state index contributed by atoms with van der Waals surface area (Å²) in [6.45, 7) is 0. The van der Waals surface area contributed by atoms with Gasteiger partial charge in [0, 0.05) is 18.1 Å². The first kappa shape index (κ1) is 14.3. The number of rotatable bonds is 5. The van der Waals surface area contributed by atoms with Gasteiger partial charge in [-0.1, -0.05) is 18.9 Å². The maximum atomic E-state index is 11.8. The van der Waals surface area contributed by atoms with Crippen LogP contribution in [0.2, 0.25) is 0 Å². The summed E-state index contributed by atoms with van der Waals surface area (Å²) >= 11 is 1.57. The highest BCUT2D eigenvalue weighted by molar-refractivity contribution is 7.99. The van der Waals surface area contributed by atoms with E-state index in [2.05, 4.69) is 10.3 Å². The molecule has 1 aromatic rings. The first-order valence-electron chi connectivity index (χ1n) is 6.70. The Morgan fingerprint density at radius 2 is 2.32 bits per heavy atom. The molecule has 104 valence electrons. The molecule has 1 aliphatic carbocycles. The maximum Gasteiger partial charge on any atom is 0.230 e. The number of aromatic nitrogens is 1. The van der Waals surface area contributed by atoms with Crippen molar-refractivity contribution in [3.05, 3.63) is 30.1 Å². The van der Waals surface area contributed by atoms with E-state index in [0.29, 0.717) is 5.75 Å². The maximum absolute atomic E-state index is 11.8. The minimum Gasteiger partial charge on any atom is -0.391 e. The van der Waals surface area contributed by atoms with Crippen molar-refractivity contribution < 1.29 is 9.90 Å². The topological polar surface area (TPSA) is 62.2 Å². The molecule has 4 nitrogen and oxygen atoms in total. The van der Waals surface area contributed by atoms with Crippen molar-refractivity contribution in [2.45, 2.75) is 43.6 Å². The molecular weight excluding hydrogens is 260 g/mol. The summed E-state index contributed by atoms with van der Waals surface area (Å²) in [4.78, 5) is 15.8. The van der Waals surface area contributed by atoms with Crippen LogP contribution in [0.1, 0.15) is 31.2 Å². The van der Waals surface area contributed by atoms with Crippen LogP contribution in [0.25, 0.3) is 0 Å². The molecule has 1 aromatic heterocycles. The van der Waals surface area contributed by atoms with Crippen LogP contribution in [0.4, 0.5) is 0 Å². The molecule has 2 rings (SSSR count). The van der Waals surface area contributed by atoms with Crippen LogP contribution < -0.4 is 5.32 Å². The van der Waals surface area contributed by atoms with E-state index < -0.39 is 0 Å². The minimum atomic E-state index is -0.374. The lowest BCUT2D eigenvalue weighted by Gasteiger charge is -2.28. The number of pyridine rings is 1. The monoisotopic (exact) mass is 280 g/mol. The third-order valence-electron chi connectivity index (χ3n) is 3.30. The largest absolute Gasteiger partial charge is 0.391 e. The summed E-state index contributed by atoms with van der Waals surface area (Å²) < 4.78 is 0. The second-order valence-electron chi connectivity index (χ2n) is 4.88. The lowest BCUT2D eigenvalue weighted by Crippen LogP contribution is -2.45. The lowest BCUT2D eigenvalue weighted by atomic mass is 9.93. The third-order valence-corrected chi connectivity index (χ3v) is 4.30. The molecule has 0 aromatic carbocycles. The zero-order valence-corrected chi connectivity index (χ0v) is 11.7. The third kappa shape index (κ3) is 4.84. The van der Waals surface area contributed by atoms with Gasteiger partial charge in [0.1, 0.15) is 0 Å². The van der Waals surface area contributed by atoms with Gasteiger partial charge in [0.15, 0.2) is 0 Å². The molecule has 2 atom stereocenters. The molecule has 1 aliphatic rings. The predicted octanol–water partition coefficient (Wildman–Crippen LogP) is 1.73. The molecule has 0 bridgehead atoms. The van der Waals surface area contributed by atoms with Crippen LogP contribution in [0.5, 0.6) is 0 Å². The summed E-state index contributed by atoms with van der Waals surface area (Å²) in [5, 5.41) is 12.7.